The van der Waals surface area contributed by atoms with Crippen LogP contribution in [0.2, 0.25) is 0 Å². The largest absolute Gasteiger partial charge is 0.476 e. The summed E-state index contributed by atoms with van der Waals surface area (Å²) in [5, 5.41) is 6.18. The van der Waals surface area contributed by atoms with Crippen LogP contribution in [0.25, 0.3) is 0 Å². The molecule has 0 bridgehead atoms. The minimum atomic E-state index is -4.41. The van der Waals surface area contributed by atoms with Gasteiger partial charge in [0.15, 0.2) is 5.96 Å². The first-order valence-electron chi connectivity index (χ1n) is 9.98. The van der Waals surface area contributed by atoms with Gasteiger partial charge in [0, 0.05) is 51.5 Å². The van der Waals surface area contributed by atoms with Crippen molar-refractivity contribution < 1.29 is 22.7 Å². The number of hydrogen-bond donors (Lipinski definition) is 2. The van der Waals surface area contributed by atoms with E-state index in [4.69, 9.17) is 4.74 Å². The van der Waals surface area contributed by atoms with E-state index in [0.717, 1.165) is 57.2 Å². The molecule has 1 amide bonds. The summed E-state index contributed by atoms with van der Waals surface area (Å²) in [5.41, 5.74) is -0.808. The zero-order valence-electron chi connectivity index (χ0n) is 16.9. The van der Waals surface area contributed by atoms with Gasteiger partial charge < -0.3 is 20.3 Å². The van der Waals surface area contributed by atoms with Crippen LogP contribution < -0.4 is 15.4 Å². The average Bonchev–Trinajstić information content (AvgIpc) is 3.52. The Hall–Kier alpha value is -2.56. The van der Waals surface area contributed by atoms with Crippen LogP contribution in [0.4, 0.5) is 13.2 Å². The Bertz CT molecular complexity index is 729. The molecule has 166 valence electrons. The summed E-state index contributed by atoms with van der Waals surface area (Å²) >= 11 is 0. The van der Waals surface area contributed by atoms with Crippen molar-refractivity contribution in [1.82, 2.24) is 25.4 Å². The van der Waals surface area contributed by atoms with Crippen molar-refractivity contribution in [2.75, 3.05) is 52.9 Å². The van der Waals surface area contributed by atoms with Gasteiger partial charge in [0.25, 0.3) is 0 Å². The van der Waals surface area contributed by atoms with Crippen LogP contribution in [0.1, 0.15) is 18.4 Å². The van der Waals surface area contributed by atoms with E-state index in [-0.39, 0.29) is 18.4 Å². The molecular formula is C19H27F3N6O2. The third kappa shape index (κ3) is 6.75. The van der Waals surface area contributed by atoms with Crippen molar-refractivity contribution in [2.24, 2.45) is 4.99 Å². The zero-order valence-corrected chi connectivity index (χ0v) is 16.9. The average molecular weight is 428 g/mol. The number of alkyl halides is 3. The van der Waals surface area contributed by atoms with E-state index in [0.29, 0.717) is 19.1 Å². The van der Waals surface area contributed by atoms with Gasteiger partial charge in [-0.2, -0.15) is 13.2 Å². The van der Waals surface area contributed by atoms with Crippen LogP contribution in [0, 0.1) is 0 Å². The number of nitrogens with zero attached hydrogens (tertiary/aromatic N) is 4. The second kappa shape index (κ2) is 9.96. The lowest BCUT2D eigenvalue weighted by atomic mass is 10.3. The van der Waals surface area contributed by atoms with E-state index < -0.39 is 11.7 Å². The number of hydrogen-bond acceptors (Lipinski definition) is 5. The van der Waals surface area contributed by atoms with Crippen molar-refractivity contribution in [3.63, 3.8) is 0 Å². The lowest BCUT2D eigenvalue weighted by Crippen LogP contribution is -2.54. The van der Waals surface area contributed by atoms with Crippen LogP contribution in [-0.2, 0) is 11.0 Å². The Balaban J connectivity index is 1.34. The van der Waals surface area contributed by atoms with Crippen LogP contribution in [0.3, 0.4) is 0 Å². The number of rotatable bonds is 7. The molecule has 2 N–H and O–H groups in total. The van der Waals surface area contributed by atoms with E-state index in [1.165, 1.54) is 6.07 Å². The number of aliphatic imine (C=N–C) groups is 1. The van der Waals surface area contributed by atoms with Crippen molar-refractivity contribution in [1.29, 1.82) is 0 Å². The van der Waals surface area contributed by atoms with E-state index in [2.05, 4.69) is 30.4 Å². The number of carbonyl (C=O) groups excluding carboxylic acids is 1. The predicted molar refractivity (Wildman–Crippen MR) is 105 cm³/mol. The third-order valence-corrected chi connectivity index (χ3v) is 4.89. The summed E-state index contributed by atoms with van der Waals surface area (Å²) in [7, 11) is 1.69. The summed E-state index contributed by atoms with van der Waals surface area (Å²) in [6.07, 6.45) is -1.49. The Labute approximate surface area is 173 Å². The lowest BCUT2D eigenvalue weighted by molar-refractivity contribution is -0.137. The summed E-state index contributed by atoms with van der Waals surface area (Å²) in [4.78, 5) is 24.1. The first-order valence-corrected chi connectivity index (χ1v) is 9.98. The highest BCUT2D eigenvalue weighted by molar-refractivity contribution is 5.80. The van der Waals surface area contributed by atoms with Crippen molar-refractivity contribution >= 4 is 11.9 Å². The number of ether oxygens (including phenoxy) is 1. The van der Waals surface area contributed by atoms with Gasteiger partial charge in [-0.15, -0.1) is 0 Å². The van der Waals surface area contributed by atoms with Gasteiger partial charge in [0.2, 0.25) is 11.8 Å². The van der Waals surface area contributed by atoms with Crippen molar-refractivity contribution in [2.45, 2.75) is 25.1 Å². The predicted octanol–water partition coefficient (Wildman–Crippen LogP) is 0.951. The maximum atomic E-state index is 12.5. The standard InChI is InChI=1S/C19H27F3N6O2/c1-23-18(24-6-11-30-17-5-2-14(12-25-17)19(20,21)22)28-9-7-27(8-10-28)13-16(29)26-15-3-4-15/h2,5,12,15H,3-4,6-11,13H2,1H3,(H,23,24)(H,26,29). The molecule has 30 heavy (non-hydrogen) atoms. The Morgan fingerprint density at radius 3 is 2.57 bits per heavy atom. The fourth-order valence-corrected chi connectivity index (χ4v) is 3.11. The topological polar surface area (TPSA) is 82.1 Å². The smallest absolute Gasteiger partial charge is 0.417 e. The molecule has 0 spiro atoms. The second-order valence-corrected chi connectivity index (χ2v) is 7.31. The quantitative estimate of drug-likeness (QED) is 0.382. The molecule has 0 radical (unpaired) electrons. The highest BCUT2D eigenvalue weighted by Gasteiger charge is 2.30. The monoisotopic (exact) mass is 428 g/mol. The summed E-state index contributed by atoms with van der Waals surface area (Å²) in [6, 6.07) is 2.52. The van der Waals surface area contributed by atoms with Gasteiger partial charge in [0.1, 0.15) is 6.61 Å². The fourth-order valence-electron chi connectivity index (χ4n) is 3.11. The molecule has 2 heterocycles. The van der Waals surface area contributed by atoms with E-state index >= 15 is 0 Å². The van der Waals surface area contributed by atoms with Gasteiger partial charge in [-0.25, -0.2) is 4.98 Å². The molecule has 1 aromatic heterocycles. The van der Waals surface area contributed by atoms with E-state index in [9.17, 15) is 18.0 Å². The molecule has 2 aliphatic rings. The maximum absolute atomic E-state index is 12.5. The molecule has 2 fully saturated rings. The number of piperazine rings is 1. The molecule has 0 unspecified atom stereocenters. The number of amides is 1. The van der Waals surface area contributed by atoms with Crippen LogP contribution in [0.15, 0.2) is 23.3 Å². The molecule has 8 nitrogen and oxygen atoms in total. The minimum absolute atomic E-state index is 0.0856. The normalized spacial score (nSPS) is 18.3. The second-order valence-electron chi connectivity index (χ2n) is 7.31. The Morgan fingerprint density at radius 1 is 1.27 bits per heavy atom. The number of guanidine groups is 1. The number of pyridine rings is 1. The highest BCUT2D eigenvalue weighted by Crippen LogP contribution is 2.29. The van der Waals surface area contributed by atoms with Crippen LogP contribution in [-0.4, -0.2) is 85.6 Å². The lowest BCUT2D eigenvalue weighted by Gasteiger charge is -2.36. The third-order valence-electron chi connectivity index (χ3n) is 4.89. The number of halogens is 3. The van der Waals surface area contributed by atoms with Crippen molar-refractivity contribution in [3.8, 4) is 5.88 Å². The van der Waals surface area contributed by atoms with Gasteiger partial charge in [-0.1, -0.05) is 0 Å². The van der Waals surface area contributed by atoms with Gasteiger partial charge in [0.05, 0.1) is 18.7 Å². The summed E-state index contributed by atoms with van der Waals surface area (Å²) < 4.78 is 43.0. The Kier molecular flexibility index (Phi) is 7.35. The molecule has 1 saturated carbocycles. The van der Waals surface area contributed by atoms with Gasteiger partial charge in [-0.05, 0) is 18.9 Å². The first-order chi connectivity index (χ1) is 14.3. The molecule has 1 saturated heterocycles. The molecule has 3 rings (SSSR count). The number of carbonyl (C=O) groups is 1. The van der Waals surface area contributed by atoms with Crippen LogP contribution >= 0.6 is 0 Å². The molecule has 1 aliphatic carbocycles. The maximum Gasteiger partial charge on any atom is 0.417 e. The van der Waals surface area contributed by atoms with E-state index in [1.807, 2.05) is 0 Å². The van der Waals surface area contributed by atoms with Gasteiger partial charge in [-0.3, -0.25) is 14.7 Å². The summed E-state index contributed by atoms with van der Waals surface area (Å²) in [5.74, 6) is 0.946. The Morgan fingerprint density at radius 2 is 2.00 bits per heavy atom. The number of aromatic nitrogens is 1. The fraction of sp³-hybridized carbons (Fsp3) is 0.632. The minimum Gasteiger partial charge on any atom is -0.476 e. The molecule has 1 aliphatic heterocycles. The molecule has 0 atom stereocenters. The van der Waals surface area contributed by atoms with Gasteiger partial charge >= 0.3 is 6.18 Å². The van der Waals surface area contributed by atoms with E-state index in [1.54, 1.807) is 7.05 Å². The molecule has 11 heteroatoms. The molecule has 1 aromatic rings. The van der Waals surface area contributed by atoms with Crippen molar-refractivity contribution in [3.05, 3.63) is 23.9 Å². The van der Waals surface area contributed by atoms with Crippen LogP contribution in [0.5, 0.6) is 5.88 Å². The SMILES string of the molecule is CN=C(NCCOc1ccc(C(F)(F)F)cn1)N1CCN(CC(=O)NC2CC2)CC1. The highest BCUT2D eigenvalue weighted by atomic mass is 19.4. The molecule has 0 aromatic carbocycles. The number of nitrogens with one attached hydrogen (secondary N) is 2. The summed E-state index contributed by atoms with van der Waals surface area (Å²) in [6.45, 7) is 4.12. The zero-order chi connectivity index (χ0) is 21.6. The first kappa shape index (κ1) is 22.1. The molecular weight excluding hydrogens is 401 g/mol.